The van der Waals surface area contributed by atoms with Gasteiger partial charge in [-0.1, -0.05) is 33.6 Å². The lowest BCUT2D eigenvalue weighted by Gasteiger charge is -2.11. The van der Waals surface area contributed by atoms with Crippen molar-refractivity contribution in [3.63, 3.8) is 0 Å². The van der Waals surface area contributed by atoms with E-state index in [-0.39, 0.29) is 0 Å². The van der Waals surface area contributed by atoms with E-state index in [1.54, 1.807) is 18.2 Å². The lowest BCUT2D eigenvalue weighted by atomic mass is 10.1. The zero-order valence-corrected chi connectivity index (χ0v) is 10.1. The maximum Gasteiger partial charge on any atom is 0.0804 e. The summed E-state index contributed by atoms with van der Waals surface area (Å²) < 4.78 is 0.887. The van der Waals surface area contributed by atoms with Crippen molar-refractivity contribution in [3.8, 4) is 0 Å². The number of aliphatic hydroxyl groups excluding tert-OH is 1. The number of benzene rings is 1. The van der Waals surface area contributed by atoms with E-state index >= 15 is 0 Å². The molecule has 1 nitrogen and oxygen atoms in total. The normalized spacial score (nSPS) is 12.5. The molecule has 0 aliphatic rings. The molecule has 1 atom stereocenters. The first-order valence-electron chi connectivity index (χ1n) is 4.39. The number of halogens is 2. The summed E-state index contributed by atoms with van der Waals surface area (Å²) in [7, 11) is 0. The fourth-order valence-corrected chi connectivity index (χ4v) is 1.89. The van der Waals surface area contributed by atoms with Crippen molar-refractivity contribution >= 4 is 27.5 Å². The van der Waals surface area contributed by atoms with Crippen LogP contribution >= 0.6 is 27.5 Å². The second-order valence-electron chi connectivity index (χ2n) is 3.05. The molecule has 0 radical (unpaired) electrons. The molecule has 14 heavy (non-hydrogen) atoms. The van der Waals surface area contributed by atoms with Gasteiger partial charge in [0.05, 0.1) is 6.10 Å². The molecule has 0 aliphatic heterocycles. The molecule has 76 valence electrons. The molecule has 3 heteroatoms. The van der Waals surface area contributed by atoms with Crippen LogP contribution in [0.5, 0.6) is 0 Å². The third-order valence-corrected chi connectivity index (χ3v) is 2.92. The first kappa shape index (κ1) is 11.8. The Bertz CT molecular complexity index is 325. The first-order valence-corrected chi connectivity index (χ1v) is 5.56. The van der Waals surface area contributed by atoms with E-state index in [2.05, 4.69) is 22.5 Å². The maximum atomic E-state index is 9.82. The molecule has 0 heterocycles. The van der Waals surface area contributed by atoms with E-state index in [4.69, 9.17) is 11.6 Å². The van der Waals surface area contributed by atoms with Gasteiger partial charge in [-0.3, -0.25) is 0 Å². The molecule has 0 fully saturated rings. The third kappa shape index (κ3) is 3.12. The molecule has 1 unspecified atom stereocenters. The highest BCUT2D eigenvalue weighted by Crippen LogP contribution is 2.29. The second-order valence-corrected chi connectivity index (χ2v) is 4.34. The molecule has 0 saturated carbocycles. The van der Waals surface area contributed by atoms with Crippen LogP contribution in [-0.2, 0) is 0 Å². The van der Waals surface area contributed by atoms with Gasteiger partial charge in [0.25, 0.3) is 0 Å². The average Bonchev–Trinajstić information content (AvgIpc) is 2.18. The van der Waals surface area contributed by atoms with Gasteiger partial charge >= 0.3 is 0 Å². The summed E-state index contributed by atoms with van der Waals surface area (Å²) in [6.07, 6.45) is 2.77. The predicted molar refractivity (Wildman–Crippen MR) is 63.5 cm³/mol. The van der Waals surface area contributed by atoms with Gasteiger partial charge in [-0.15, -0.1) is 6.58 Å². The fourth-order valence-electron chi connectivity index (χ4n) is 1.20. The number of hydrogen-bond acceptors (Lipinski definition) is 1. The largest absolute Gasteiger partial charge is 0.388 e. The van der Waals surface area contributed by atoms with Crippen molar-refractivity contribution in [1.29, 1.82) is 0 Å². The van der Waals surface area contributed by atoms with Crippen LogP contribution < -0.4 is 0 Å². The van der Waals surface area contributed by atoms with Crippen LogP contribution in [0.3, 0.4) is 0 Å². The summed E-state index contributed by atoms with van der Waals surface area (Å²) in [6.45, 7) is 3.62. The lowest BCUT2D eigenvalue weighted by molar-refractivity contribution is 0.168. The second kappa shape index (κ2) is 5.54. The third-order valence-electron chi connectivity index (χ3n) is 1.96. The minimum absolute atomic E-state index is 0.485. The maximum absolute atomic E-state index is 9.82. The zero-order chi connectivity index (χ0) is 10.6. The molecule has 1 aromatic carbocycles. The first-order chi connectivity index (χ1) is 6.65. The summed E-state index contributed by atoms with van der Waals surface area (Å²) in [4.78, 5) is 0. The van der Waals surface area contributed by atoms with E-state index < -0.39 is 6.10 Å². The van der Waals surface area contributed by atoms with E-state index in [9.17, 15) is 5.11 Å². The molecular weight excluding hydrogens is 263 g/mol. The summed E-state index contributed by atoms with van der Waals surface area (Å²) >= 11 is 9.22. The minimum atomic E-state index is -0.485. The molecule has 0 spiro atoms. The average molecular weight is 276 g/mol. The Morgan fingerprint density at radius 3 is 2.93 bits per heavy atom. The van der Waals surface area contributed by atoms with E-state index in [1.165, 1.54) is 0 Å². The molecule has 0 aromatic heterocycles. The number of aliphatic hydroxyl groups is 1. The van der Waals surface area contributed by atoms with Crippen molar-refractivity contribution in [3.05, 3.63) is 45.9 Å². The number of rotatable bonds is 4. The van der Waals surface area contributed by atoms with Crippen molar-refractivity contribution in [2.75, 3.05) is 0 Å². The van der Waals surface area contributed by atoms with Crippen LogP contribution in [0.15, 0.2) is 35.3 Å². The smallest absolute Gasteiger partial charge is 0.0804 e. The van der Waals surface area contributed by atoms with Gasteiger partial charge in [-0.05, 0) is 36.6 Å². The summed E-state index contributed by atoms with van der Waals surface area (Å²) in [5.41, 5.74) is 0.833. The van der Waals surface area contributed by atoms with Crippen LogP contribution in [0.4, 0.5) is 0 Å². The van der Waals surface area contributed by atoms with Gasteiger partial charge < -0.3 is 5.11 Å². The summed E-state index contributed by atoms with van der Waals surface area (Å²) in [5, 5.41) is 10.5. The molecule has 1 aromatic rings. The van der Waals surface area contributed by atoms with Gasteiger partial charge in [0.15, 0.2) is 0 Å². The summed E-state index contributed by atoms with van der Waals surface area (Å²) in [5.74, 6) is 0. The van der Waals surface area contributed by atoms with Crippen molar-refractivity contribution < 1.29 is 5.11 Å². The summed E-state index contributed by atoms with van der Waals surface area (Å²) in [6, 6.07) is 5.41. The standard InChI is InChI=1S/C11H12BrClO/c1-2-3-4-11(14)9-7-8(13)5-6-10(9)12/h2,5-7,11,14H,1,3-4H2. The monoisotopic (exact) mass is 274 g/mol. The van der Waals surface area contributed by atoms with Crippen LogP contribution in [0.25, 0.3) is 0 Å². The molecule has 0 amide bonds. The Morgan fingerprint density at radius 1 is 1.57 bits per heavy atom. The molecule has 0 bridgehead atoms. The highest BCUT2D eigenvalue weighted by molar-refractivity contribution is 9.10. The van der Waals surface area contributed by atoms with Crippen molar-refractivity contribution in [2.24, 2.45) is 0 Å². The van der Waals surface area contributed by atoms with E-state index in [0.717, 1.165) is 16.5 Å². The molecular formula is C11H12BrClO. The van der Waals surface area contributed by atoms with Crippen molar-refractivity contribution in [1.82, 2.24) is 0 Å². The molecule has 1 rings (SSSR count). The van der Waals surface area contributed by atoms with Gasteiger partial charge in [0, 0.05) is 9.50 Å². The van der Waals surface area contributed by atoms with Crippen LogP contribution in [0, 0.1) is 0 Å². The SMILES string of the molecule is C=CCCC(O)c1cc(Cl)ccc1Br. The molecule has 1 N–H and O–H groups in total. The van der Waals surface area contributed by atoms with Gasteiger partial charge in [0.1, 0.15) is 0 Å². The van der Waals surface area contributed by atoms with Gasteiger partial charge in [-0.25, -0.2) is 0 Å². The number of hydrogen-bond donors (Lipinski definition) is 1. The molecule has 0 saturated heterocycles. The van der Waals surface area contributed by atoms with E-state index in [0.29, 0.717) is 11.4 Å². The van der Waals surface area contributed by atoms with Crippen LogP contribution in [0.2, 0.25) is 5.02 Å². The lowest BCUT2D eigenvalue weighted by Crippen LogP contribution is -1.97. The number of allylic oxidation sites excluding steroid dienone is 1. The van der Waals surface area contributed by atoms with Crippen molar-refractivity contribution in [2.45, 2.75) is 18.9 Å². The van der Waals surface area contributed by atoms with Crippen LogP contribution in [0.1, 0.15) is 24.5 Å². The highest BCUT2D eigenvalue weighted by Gasteiger charge is 2.10. The quantitative estimate of drug-likeness (QED) is 0.820. The van der Waals surface area contributed by atoms with Gasteiger partial charge in [0.2, 0.25) is 0 Å². The highest BCUT2D eigenvalue weighted by atomic mass is 79.9. The predicted octanol–water partition coefficient (Wildman–Crippen LogP) is 4.10. The Balaban J connectivity index is 2.82. The fraction of sp³-hybridized carbons (Fsp3) is 0.273. The van der Waals surface area contributed by atoms with Crippen LogP contribution in [-0.4, -0.2) is 5.11 Å². The van der Waals surface area contributed by atoms with Gasteiger partial charge in [-0.2, -0.15) is 0 Å². The Morgan fingerprint density at radius 2 is 2.29 bits per heavy atom. The minimum Gasteiger partial charge on any atom is -0.388 e. The Labute approximate surface area is 97.5 Å². The Kier molecular flexibility index (Phi) is 4.66. The van der Waals surface area contributed by atoms with E-state index in [1.807, 2.05) is 6.07 Å². The topological polar surface area (TPSA) is 20.2 Å². The molecule has 0 aliphatic carbocycles. The zero-order valence-electron chi connectivity index (χ0n) is 7.71. The Hall–Kier alpha value is -0.310.